The van der Waals surface area contributed by atoms with E-state index in [9.17, 15) is 9.59 Å². The van der Waals surface area contributed by atoms with E-state index in [1.807, 2.05) is 6.07 Å². The van der Waals surface area contributed by atoms with Gasteiger partial charge in [0.05, 0.1) is 17.9 Å². The van der Waals surface area contributed by atoms with Gasteiger partial charge in [-0.25, -0.2) is 14.8 Å². The molecule has 2 heterocycles. The number of fused-ring (bicyclic) bond motifs is 1. The summed E-state index contributed by atoms with van der Waals surface area (Å²) in [6.07, 6.45) is 2.72. The predicted octanol–water partition coefficient (Wildman–Crippen LogP) is 3.95. The van der Waals surface area contributed by atoms with Gasteiger partial charge >= 0.3 is 5.97 Å². The van der Waals surface area contributed by atoms with E-state index in [1.165, 1.54) is 22.9 Å². The van der Waals surface area contributed by atoms with Gasteiger partial charge in [0.1, 0.15) is 5.82 Å². The Labute approximate surface area is 191 Å². The molecule has 0 unspecified atom stereocenters. The molecule has 0 atom stereocenters. The van der Waals surface area contributed by atoms with E-state index >= 15 is 0 Å². The minimum Gasteiger partial charge on any atom is -0.462 e. The number of rotatable bonds is 7. The number of amides is 1. The van der Waals surface area contributed by atoms with Crippen molar-refractivity contribution in [2.45, 2.75) is 25.0 Å². The van der Waals surface area contributed by atoms with Crippen LogP contribution in [-0.2, 0) is 22.5 Å². The topological polar surface area (TPSA) is 84.4 Å². The zero-order valence-corrected chi connectivity index (χ0v) is 18.6. The third kappa shape index (κ3) is 5.45. The van der Waals surface area contributed by atoms with Crippen molar-refractivity contribution >= 4 is 35.1 Å². The normalized spacial score (nSPS) is 12.7. The lowest BCUT2D eigenvalue weighted by atomic mass is 10.00. The Balaban J connectivity index is 1.31. The second kappa shape index (κ2) is 10.3. The first-order valence-corrected chi connectivity index (χ1v) is 11.5. The van der Waals surface area contributed by atoms with Crippen molar-refractivity contribution in [2.24, 2.45) is 0 Å². The number of carbonyl (C=O) groups excluding carboxylic acids is 2. The van der Waals surface area contributed by atoms with E-state index < -0.39 is 0 Å². The van der Waals surface area contributed by atoms with Gasteiger partial charge in [0.15, 0.2) is 5.16 Å². The molecular weight excluding hydrogens is 424 g/mol. The lowest BCUT2D eigenvalue weighted by Crippen LogP contribution is -2.31. The fourth-order valence-electron chi connectivity index (χ4n) is 3.50. The molecule has 8 heteroatoms. The highest BCUT2D eigenvalue weighted by Gasteiger charge is 2.17. The molecule has 32 heavy (non-hydrogen) atoms. The summed E-state index contributed by atoms with van der Waals surface area (Å²) in [7, 11) is 0. The number of esters is 1. The Morgan fingerprint density at radius 1 is 1.09 bits per heavy atom. The minimum atomic E-state index is -0.379. The molecule has 0 bridgehead atoms. The van der Waals surface area contributed by atoms with Gasteiger partial charge in [-0.1, -0.05) is 36.0 Å². The van der Waals surface area contributed by atoms with Crippen molar-refractivity contribution in [3.8, 4) is 0 Å². The van der Waals surface area contributed by atoms with Crippen LogP contribution in [0.15, 0.2) is 66.0 Å². The van der Waals surface area contributed by atoms with E-state index in [1.54, 1.807) is 37.4 Å². The molecule has 1 aliphatic rings. The van der Waals surface area contributed by atoms with Crippen molar-refractivity contribution < 1.29 is 14.3 Å². The third-order valence-electron chi connectivity index (χ3n) is 5.09. The molecule has 1 aliphatic heterocycles. The molecule has 2 aromatic carbocycles. The molecule has 1 amide bonds. The number of nitrogens with zero attached hydrogens (tertiary/aromatic N) is 3. The minimum absolute atomic E-state index is 0.167. The van der Waals surface area contributed by atoms with Gasteiger partial charge in [-0.05, 0) is 54.8 Å². The lowest BCUT2D eigenvalue weighted by Gasteiger charge is -2.29. The Kier molecular flexibility index (Phi) is 7.01. The van der Waals surface area contributed by atoms with Crippen LogP contribution in [0.4, 0.5) is 11.5 Å². The number of ether oxygens (including phenoxy) is 1. The Morgan fingerprint density at radius 3 is 2.66 bits per heavy atom. The van der Waals surface area contributed by atoms with Crippen LogP contribution < -0.4 is 10.2 Å². The van der Waals surface area contributed by atoms with Gasteiger partial charge in [-0.3, -0.25) is 4.79 Å². The van der Waals surface area contributed by atoms with Crippen molar-refractivity contribution in [1.29, 1.82) is 0 Å². The average Bonchev–Trinajstić information content (AvgIpc) is 2.83. The van der Waals surface area contributed by atoms with Crippen LogP contribution in [0.3, 0.4) is 0 Å². The van der Waals surface area contributed by atoms with Crippen LogP contribution in [0.2, 0.25) is 0 Å². The standard InChI is InChI=1S/C24H24N4O3S/c1-2-31-23(30)18-7-9-20(10-8-18)26-22(29)16-32-24-25-13-11-21(27-24)28-14-12-17-5-3-4-6-19(17)15-28/h3-11,13H,2,12,14-16H2,1H3,(H,26,29). The monoisotopic (exact) mass is 448 g/mol. The molecule has 0 spiro atoms. The molecule has 0 saturated carbocycles. The van der Waals surface area contributed by atoms with Crippen LogP contribution >= 0.6 is 11.8 Å². The predicted molar refractivity (Wildman–Crippen MR) is 125 cm³/mol. The first-order valence-electron chi connectivity index (χ1n) is 10.5. The summed E-state index contributed by atoms with van der Waals surface area (Å²) >= 11 is 1.29. The molecule has 0 fully saturated rings. The number of aromatic nitrogens is 2. The maximum Gasteiger partial charge on any atom is 0.338 e. The number of hydrogen-bond donors (Lipinski definition) is 1. The van der Waals surface area contributed by atoms with Crippen LogP contribution in [0.1, 0.15) is 28.4 Å². The molecular formula is C24H24N4O3S. The van der Waals surface area contributed by atoms with Crippen molar-refractivity contribution in [3.63, 3.8) is 0 Å². The van der Waals surface area contributed by atoms with Crippen LogP contribution in [0, 0.1) is 0 Å². The van der Waals surface area contributed by atoms with E-state index in [0.29, 0.717) is 23.0 Å². The van der Waals surface area contributed by atoms with Gasteiger partial charge in [-0.15, -0.1) is 0 Å². The molecule has 0 aliphatic carbocycles. The molecule has 0 saturated heterocycles. The van der Waals surface area contributed by atoms with Gasteiger partial charge in [0, 0.05) is 25.0 Å². The molecule has 4 rings (SSSR count). The molecule has 164 valence electrons. The second-order valence-corrected chi connectivity index (χ2v) is 8.21. The number of carbonyl (C=O) groups is 2. The Morgan fingerprint density at radius 2 is 1.88 bits per heavy atom. The fourth-order valence-corrected chi connectivity index (χ4v) is 4.13. The van der Waals surface area contributed by atoms with Crippen molar-refractivity contribution in [3.05, 3.63) is 77.5 Å². The van der Waals surface area contributed by atoms with E-state index in [4.69, 9.17) is 4.74 Å². The van der Waals surface area contributed by atoms with Gasteiger partial charge in [-0.2, -0.15) is 0 Å². The van der Waals surface area contributed by atoms with E-state index in [0.717, 1.165) is 25.3 Å². The molecule has 0 radical (unpaired) electrons. The summed E-state index contributed by atoms with van der Waals surface area (Å²) in [5.74, 6) is 0.508. The maximum absolute atomic E-state index is 12.3. The molecule has 1 aromatic heterocycles. The Bertz CT molecular complexity index is 1100. The highest BCUT2D eigenvalue weighted by molar-refractivity contribution is 7.99. The fraction of sp³-hybridized carbons (Fsp3) is 0.250. The lowest BCUT2D eigenvalue weighted by molar-refractivity contribution is -0.113. The number of hydrogen-bond acceptors (Lipinski definition) is 7. The zero-order valence-electron chi connectivity index (χ0n) is 17.8. The molecule has 3 aromatic rings. The van der Waals surface area contributed by atoms with Gasteiger partial charge < -0.3 is 15.0 Å². The highest BCUT2D eigenvalue weighted by atomic mass is 32.2. The third-order valence-corrected chi connectivity index (χ3v) is 5.95. The number of benzene rings is 2. The maximum atomic E-state index is 12.3. The summed E-state index contributed by atoms with van der Waals surface area (Å²) in [6, 6.07) is 17.0. The number of thioether (sulfide) groups is 1. The number of nitrogens with one attached hydrogen (secondary N) is 1. The summed E-state index contributed by atoms with van der Waals surface area (Å²) in [6.45, 7) is 3.80. The van der Waals surface area contributed by atoms with Crippen molar-refractivity contribution in [1.82, 2.24) is 9.97 Å². The zero-order chi connectivity index (χ0) is 22.3. The first-order chi connectivity index (χ1) is 15.6. The largest absolute Gasteiger partial charge is 0.462 e. The highest BCUT2D eigenvalue weighted by Crippen LogP contribution is 2.24. The summed E-state index contributed by atoms with van der Waals surface area (Å²) in [5, 5.41) is 3.39. The average molecular weight is 449 g/mol. The SMILES string of the molecule is CCOC(=O)c1ccc(NC(=O)CSc2nccc(N3CCc4ccccc4C3)n2)cc1. The summed E-state index contributed by atoms with van der Waals surface area (Å²) in [4.78, 5) is 35.2. The van der Waals surface area contributed by atoms with E-state index in [2.05, 4.69) is 44.5 Å². The smallest absolute Gasteiger partial charge is 0.338 e. The quantitative estimate of drug-likeness (QED) is 0.333. The first kappa shape index (κ1) is 21.8. The van der Waals surface area contributed by atoms with Gasteiger partial charge in [0.2, 0.25) is 5.91 Å². The van der Waals surface area contributed by atoms with Crippen LogP contribution in [0.5, 0.6) is 0 Å². The summed E-state index contributed by atoms with van der Waals surface area (Å²) < 4.78 is 4.96. The summed E-state index contributed by atoms with van der Waals surface area (Å²) in [5.41, 5.74) is 3.77. The van der Waals surface area contributed by atoms with Gasteiger partial charge in [0.25, 0.3) is 0 Å². The van der Waals surface area contributed by atoms with Crippen molar-refractivity contribution in [2.75, 3.05) is 29.1 Å². The number of anilines is 2. The van der Waals surface area contributed by atoms with E-state index in [-0.39, 0.29) is 17.6 Å². The molecule has 1 N–H and O–H groups in total. The second-order valence-electron chi connectivity index (χ2n) is 7.27. The van der Waals surface area contributed by atoms with Crippen LogP contribution in [0.25, 0.3) is 0 Å². The van der Waals surface area contributed by atoms with Crippen LogP contribution in [-0.4, -0.2) is 40.7 Å². The Hall–Kier alpha value is -3.39. The molecule has 7 nitrogen and oxygen atoms in total.